The molecule has 0 unspecified atom stereocenters. The summed E-state index contributed by atoms with van der Waals surface area (Å²) in [6, 6.07) is 6.14. The van der Waals surface area contributed by atoms with Crippen molar-refractivity contribution in [3.8, 4) is 0 Å². The second-order valence-electron chi connectivity index (χ2n) is 6.10. The van der Waals surface area contributed by atoms with Crippen LogP contribution in [-0.4, -0.2) is 30.3 Å². The number of aryl methyl sites for hydroxylation is 2. The summed E-state index contributed by atoms with van der Waals surface area (Å²) in [5.41, 5.74) is 3.22. The molecule has 0 saturated carbocycles. The predicted octanol–water partition coefficient (Wildman–Crippen LogP) is 4.78. The summed E-state index contributed by atoms with van der Waals surface area (Å²) in [7, 11) is 0. The summed E-state index contributed by atoms with van der Waals surface area (Å²) < 4.78 is 0. The van der Waals surface area contributed by atoms with Crippen LogP contribution in [0.25, 0.3) is 0 Å². The van der Waals surface area contributed by atoms with Crippen LogP contribution in [0.2, 0.25) is 0 Å². The molecule has 0 amide bonds. The van der Waals surface area contributed by atoms with E-state index in [1.807, 2.05) is 12.1 Å². The van der Waals surface area contributed by atoms with E-state index in [0.29, 0.717) is 6.42 Å². The molecule has 1 aromatic carbocycles. The molecule has 0 aliphatic rings. The van der Waals surface area contributed by atoms with Gasteiger partial charge in [-0.3, -0.25) is 4.79 Å². The molecule has 118 valence electrons. The number of benzene rings is 1. The lowest BCUT2D eigenvalue weighted by Gasteiger charge is -2.21. The Balaban J connectivity index is 2.54. The van der Waals surface area contributed by atoms with E-state index in [-0.39, 0.29) is 5.78 Å². The zero-order valence-corrected chi connectivity index (χ0v) is 14.2. The van der Waals surface area contributed by atoms with E-state index in [4.69, 9.17) is 0 Å². The first-order chi connectivity index (χ1) is 10.1. The minimum absolute atomic E-state index is 0.278. The van der Waals surface area contributed by atoms with Gasteiger partial charge < -0.3 is 4.90 Å². The van der Waals surface area contributed by atoms with Crippen molar-refractivity contribution >= 4 is 5.78 Å². The van der Waals surface area contributed by atoms with Gasteiger partial charge in [-0.25, -0.2) is 0 Å². The first kappa shape index (κ1) is 17.9. The molecule has 0 aromatic heterocycles. The molecule has 0 heterocycles. The maximum absolute atomic E-state index is 12.4. The molecular weight excluding hydrogens is 258 g/mol. The average Bonchev–Trinajstić information content (AvgIpc) is 2.45. The largest absolute Gasteiger partial charge is 0.303 e. The fourth-order valence-corrected chi connectivity index (χ4v) is 2.64. The van der Waals surface area contributed by atoms with Crippen LogP contribution in [0.4, 0.5) is 0 Å². The second-order valence-corrected chi connectivity index (χ2v) is 6.10. The van der Waals surface area contributed by atoms with Crippen LogP contribution in [0.5, 0.6) is 0 Å². The van der Waals surface area contributed by atoms with Crippen molar-refractivity contribution in [3.63, 3.8) is 0 Å². The highest BCUT2D eigenvalue weighted by atomic mass is 16.1. The summed E-state index contributed by atoms with van der Waals surface area (Å²) in [5.74, 6) is 0.278. The highest BCUT2D eigenvalue weighted by Crippen LogP contribution is 2.12. The quantitative estimate of drug-likeness (QED) is 0.578. The molecule has 0 atom stereocenters. The monoisotopic (exact) mass is 289 g/mol. The van der Waals surface area contributed by atoms with E-state index in [1.165, 1.54) is 36.8 Å². The number of hydrogen-bond donors (Lipinski definition) is 0. The lowest BCUT2D eigenvalue weighted by Crippen LogP contribution is -2.28. The number of ketones is 1. The standard InChI is InChI=1S/C19H31NO/c1-5-7-10-20(11-8-6-2)12-9-19(21)18-14-16(3)13-17(4)15-18/h13-15H,5-12H2,1-4H3. The normalized spacial score (nSPS) is 11.1. The fourth-order valence-electron chi connectivity index (χ4n) is 2.64. The van der Waals surface area contributed by atoms with E-state index in [1.54, 1.807) is 0 Å². The predicted molar refractivity (Wildman–Crippen MR) is 91.1 cm³/mol. The van der Waals surface area contributed by atoms with Gasteiger partial charge in [-0.05, 0) is 51.9 Å². The molecule has 1 rings (SSSR count). The molecule has 0 spiro atoms. The van der Waals surface area contributed by atoms with Gasteiger partial charge in [0.05, 0.1) is 0 Å². The van der Waals surface area contributed by atoms with Gasteiger partial charge in [0.1, 0.15) is 0 Å². The highest BCUT2D eigenvalue weighted by molar-refractivity contribution is 5.96. The molecule has 0 aliphatic carbocycles. The lowest BCUT2D eigenvalue weighted by molar-refractivity contribution is 0.0963. The Bertz CT molecular complexity index is 411. The molecule has 21 heavy (non-hydrogen) atoms. The molecule has 2 heteroatoms. The molecule has 0 bridgehead atoms. The third-order valence-corrected chi connectivity index (χ3v) is 3.85. The van der Waals surface area contributed by atoms with E-state index >= 15 is 0 Å². The van der Waals surface area contributed by atoms with Crippen molar-refractivity contribution in [1.29, 1.82) is 0 Å². The van der Waals surface area contributed by atoms with Crippen LogP contribution in [0.3, 0.4) is 0 Å². The smallest absolute Gasteiger partial charge is 0.164 e. The average molecular weight is 289 g/mol. The van der Waals surface area contributed by atoms with E-state index < -0.39 is 0 Å². The van der Waals surface area contributed by atoms with Gasteiger partial charge in [-0.2, -0.15) is 0 Å². The minimum Gasteiger partial charge on any atom is -0.303 e. The van der Waals surface area contributed by atoms with Gasteiger partial charge in [0.2, 0.25) is 0 Å². The maximum Gasteiger partial charge on any atom is 0.164 e. The molecule has 1 aromatic rings. The lowest BCUT2D eigenvalue weighted by atomic mass is 10.0. The first-order valence-electron chi connectivity index (χ1n) is 8.40. The first-order valence-corrected chi connectivity index (χ1v) is 8.40. The summed E-state index contributed by atoms with van der Waals surface area (Å²) >= 11 is 0. The Morgan fingerprint density at radius 3 is 1.90 bits per heavy atom. The number of nitrogens with zero attached hydrogens (tertiary/aromatic N) is 1. The molecule has 0 radical (unpaired) electrons. The summed E-state index contributed by atoms with van der Waals surface area (Å²) in [4.78, 5) is 14.8. The van der Waals surface area contributed by atoms with Gasteiger partial charge in [0.15, 0.2) is 5.78 Å². The highest BCUT2D eigenvalue weighted by Gasteiger charge is 2.10. The maximum atomic E-state index is 12.4. The number of carbonyl (C=O) groups is 1. The second kappa shape index (κ2) is 9.73. The zero-order chi connectivity index (χ0) is 15.7. The van der Waals surface area contributed by atoms with Crippen LogP contribution in [0.15, 0.2) is 18.2 Å². The Labute approximate surface area is 130 Å². The Kier molecular flexibility index (Phi) is 8.29. The van der Waals surface area contributed by atoms with Crippen molar-refractivity contribution in [2.24, 2.45) is 0 Å². The molecule has 2 nitrogen and oxygen atoms in total. The van der Waals surface area contributed by atoms with Gasteiger partial charge in [-0.15, -0.1) is 0 Å². The third kappa shape index (κ3) is 6.90. The Hall–Kier alpha value is -1.15. The molecular formula is C19H31NO. The van der Waals surface area contributed by atoms with Crippen LogP contribution < -0.4 is 0 Å². The summed E-state index contributed by atoms with van der Waals surface area (Å²) in [5, 5.41) is 0. The molecule has 0 N–H and O–H groups in total. The third-order valence-electron chi connectivity index (χ3n) is 3.85. The van der Waals surface area contributed by atoms with Gasteiger partial charge in [0, 0.05) is 18.5 Å². The number of Topliss-reactive ketones (excluding diaryl/α,β-unsaturated/α-hetero) is 1. The molecule has 0 saturated heterocycles. The van der Waals surface area contributed by atoms with Crippen molar-refractivity contribution < 1.29 is 4.79 Å². The van der Waals surface area contributed by atoms with Crippen LogP contribution in [-0.2, 0) is 0 Å². The van der Waals surface area contributed by atoms with Crippen molar-refractivity contribution in [1.82, 2.24) is 4.90 Å². The number of unbranched alkanes of at least 4 members (excludes halogenated alkanes) is 2. The van der Waals surface area contributed by atoms with E-state index in [2.05, 4.69) is 38.7 Å². The van der Waals surface area contributed by atoms with Crippen molar-refractivity contribution in [2.75, 3.05) is 19.6 Å². The van der Waals surface area contributed by atoms with Crippen molar-refractivity contribution in [2.45, 2.75) is 59.8 Å². The summed E-state index contributed by atoms with van der Waals surface area (Å²) in [6.07, 6.45) is 5.51. The van der Waals surface area contributed by atoms with Gasteiger partial charge in [-0.1, -0.05) is 43.9 Å². The zero-order valence-electron chi connectivity index (χ0n) is 14.2. The van der Waals surface area contributed by atoms with Crippen molar-refractivity contribution in [3.05, 3.63) is 34.9 Å². The topological polar surface area (TPSA) is 20.3 Å². The summed E-state index contributed by atoms with van der Waals surface area (Å²) in [6.45, 7) is 11.7. The fraction of sp³-hybridized carbons (Fsp3) is 0.632. The minimum atomic E-state index is 0.278. The van der Waals surface area contributed by atoms with Gasteiger partial charge >= 0.3 is 0 Å². The Morgan fingerprint density at radius 2 is 1.43 bits per heavy atom. The SMILES string of the molecule is CCCCN(CCCC)CCC(=O)c1cc(C)cc(C)c1. The van der Waals surface area contributed by atoms with Crippen LogP contribution >= 0.6 is 0 Å². The van der Waals surface area contributed by atoms with Crippen LogP contribution in [0.1, 0.15) is 67.4 Å². The van der Waals surface area contributed by atoms with Crippen LogP contribution in [0, 0.1) is 13.8 Å². The van der Waals surface area contributed by atoms with E-state index in [0.717, 1.165) is 25.2 Å². The molecule has 0 fully saturated rings. The van der Waals surface area contributed by atoms with Gasteiger partial charge in [0.25, 0.3) is 0 Å². The Morgan fingerprint density at radius 1 is 0.905 bits per heavy atom. The number of carbonyl (C=O) groups excluding carboxylic acids is 1. The number of rotatable bonds is 10. The number of hydrogen-bond acceptors (Lipinski definition) is 2. The van der Waals surface area contributed by atoms with E-state index in [9.17, 15) is 4.79 Å². The molecule has 0 aliphatic heterocycles.